The Kier molecular flexibility index (Phi) is 6.37. The predicted octanol–water partition coefficient (Wildman–Crippen LogP) is 4.70. The number of piperazine rings is 1. The maximum absolute atomic E-state index is 13.3. The molecule has 0 bridgehead atoms. The SMILES string of the molecule is COc1ccccc1N1CCN(CC(=O)Nc2c3c(nc4ccccc24)N(c2ccccc2)CC3)CC1. The van der Waals surface area contributed by atoms with Crippen molar-refractivity contribution < 1.29 is 9.53 Å². The number of pyridine rings is 1. The van der Waals surface area contributed by atoms with Crippen LogP contribution < -0.4 is 19.9 Å². The summed E-state index contributed by atoms with van der Waals surface area (Å²) < 4.78 is 5.54. The van der Waals surface area contributed by atoms with Crippen LogP contribution in [0.2, 0.25) is 0 Å². The average molecular weight is 494 g/mol. The summed E-state index contributed by atoms with van der Waals surface area (Å²) in [5.41, 5.74) is 5.13. The lowest BCUT2D eigenvalue weighted by Crippen LogP contribution is -2.48. The lowest BCUT2D eigenvalue weighted by molar-refractivity contribution is -0.117. The van der Waals surface area contributed by atoms with Gasteiger partial charge in [-0.3, -0.25) is 9.69 Å². The van der Waals surface area contributed by atoms with Crippen molar-refractivity contribution in [2.24, 2.45) is 0 Å². The van der Waals surface area contributed by atoms with Crippen molar-refractivity contribution in [1.82, 2.24) is 9.88 Å². The van der Waals surface area contributed by atoms with Crippen molar-refractivity contribution in [3.63, 3.8) is 0 Å². The van der Waals surface area contributed by atoms with Crippen molar-refractivity contribution in [3.05, 3.63) is 84.4 Å². The van der Waals surface area contributed by atoms with E-state index in [1.165, 1.54) is 0 Å². The molecule has 4 aromatic rings. The van der Waals surface area contributed by atoms with E-state index in [1.807, 2.05) is 54.6 Å². The molecule has 1 N–H and O–H groups in total. The summed E-state index contributed by atoms with van der Waals surface area (Å²) in [5.74, 6) is 1.84. The van der Waals surface area contributed by atoms with Crippen LogP contribution in [0.5, 0.6) is 5.75 Å². The fourth-order valence-corrected chi connectivity index (χ4v) is 5.45. The van der Waals surface area contributed by atoms with Crippen molar-refractivity contribution in [2.75, 3.05) is 61.5 Å². The summed E-state index contributed by atoms with van der Waals surface area (Å²) in [6, 6.07) is 26.5. The van der Waals surface area contributed by atoms with Crippen LogP contribution in [0.25, 0.3) is 10.9 Å². The molecular weight excluding hydrogens is 462 g/mol. The van der Waals surface area contributed by atoms with Crippen LogP contribution in [0.1, 0.15) is 5.56 Å². The first kappa shape index (κ1) is 23.3. The van der Waals surface area contributed by atoms with E-state index in [9.17, 15) is 4.79 Å². The highest BCUT2D eigenvalue weighted by Gasteiger charge is 2.28. The van der Waals surface area contributed by atoms with E-state index in [1.54, 1.807) is 7.11 Å². The van der Waals surface area contributed by atoms with Gasteiger partial charge in [0.05, 0.1) is 30.5 Å². The zero-order valence-corrected chi connectivity index (χ0v) is 21.1. The van der Waals surface area contributed by atoms with Crippen LogP contribution in [0.3, 0.4) is 0 Å². The molecule has 1 aromatic heterocycles. The number of nitrogens with one attached hydrogen (secondary N) is 1. The van der Waals surface area contributed by atoms with Gasteiger partial charge in [-0.1, -0.05) is 48.5 Å². The number of carbonyl (C=O) groups is 1. The van der Waals surface area contributed by atoms with Gasteiger partial charge < -0.3 is 19.9 Å². The van der Waals surface area contributed by atoms with Crippen molar-refractivity contribution in [3.8, 4) is 5.75 Å². The minimum Gasteiger partial charge on any atom is -0.495 e. The average Bonchev–Trinajstić information content (AvgIpc) is 3.37. The number of anilines is 4. The second-order valence-electron chi connectivity index (χ2n) is 9.53. The third-order valence-corrected chi connectivity index (χ3v) is 7.31. The Morgan fingerprint density at radius 2 is 1.62 bits per heavy atom. The van der Waals surface area contributed by atoms with Gasteiger partial charge in [-0.15, -0.1) is 0 Å². The molecular formula is C30H31N5O2. The number of nitrogens with zero attached hydrogens (tertiary/aromatic N) is 4. The van der Waals surface area contributed by atoms with E-state index in [0.29, 0.717) is 6.54 Å². The highest BCUT2D eigenvalue weighted by Crippen LogP contribution is 2.40. The Bertz CT molecular complexity index is 1420. The summed E-state index contributed by atoms with van der Waals surface area (Å²) in [6.07, 6.45) is 0.843. The van der Waals surface area contributed by atoms with Gasteiger partial charge >= 0.3 is 0 Å². The number of rotatable bonds is 6. The number of aromatic nitrogens is 1. The lowest BCUT2D eigenvalue weighted by atomic mass is 10.1. The zero-order valence-electron chi connectivity index (χ0n) is 21.1. The first-order chi connectivity index (χ1) is 18.2. The largest absolute Gasteiger partial charge is 0.495 e. The smallest absolute Gasteiger partial charge is 0.238 e. The molecule has 0 spiro atoms. The van der Waals surface area contributed by atoms with Crippen LogP contribution >= 0.6 is 0 Å². The Hall–Kier alpha value is -4.10. The molecule has 6 rings (SSSR count). The maximum atomic E-state index is 13.3. The van der Waals surface area contributed by atoms with Gasteiger partial charge in [0.2, 0.25) is 5.91 Å². The standard InChI is InChI=1S/C30H31N5O2/c1-37-27-14-8-7-13-26(27)34-19-17-33(18-20-34)21-28(36)32-29-23-11-5-6-12-25(23)31-30-24(29)15-16-35(30)22-9-3-2-4-10-22/h2-14H,15-21H2,1H3,(H,31,32,36). The molecule has 0 atom stereocenters. The topological polar surface area (TPSA) is 60.9 Å². The normalized spacial score (nSPS) is 15.6. The third-order valence-electron chi connectivity index (χ3n) is 7.31. The molecule has 0 aliphatic carbocycles. The van der Waals surface area contributed by atoms with Crippen molar-refractivity contribution in [1.29, 1.82) is 0 Å². The first-order valence-electron chi connectivity index (χ1n) is 12.9. The fraction of sp³-hybridized carbons (Fsp3) is 0.267. The lowest BCUT2D eigenvalue weighted by Gasteiger charge is -2.36. The number of carbonyl (C=O) groups excluding carboxylic acids is 1. The molecule has 0 unspecified atom stereocenters. The van der Waals surface area contributed by atoms with Crippen LogP contribution in [0.4, 0.5) is 22.9 Å². The van der Waals surface area contributed by atoms with Gasteiger partial charge in [-0.25, -0.2) is 4.98 Å². The Labute approximate surface area is 217 Å². The van der Waals surface area contributed by atoms with Gasteiger partial charge in [0.25, 0.3) is 0 Å². The van der Waals surface area contributed by atoms with Crippen LogP contribution in [-0.4, -0.2) is 62.2 Å². The second-order valence-corrected chi connectivity index (χ2v) is 9.53. The molecule has 2 aliphatic heterocycles. The van der Waals surface area contributed by atoms with Gasteiger partial charge in [0.1, 0.15) is 11.6 Å². The van der Waals surface area contributed by atoms with Crippen LogP contribution in [-0.2, 0) is 11.2 Å². The molecule has 1 amide bonds. The summed E-state index contributed by atoms with van der Waals surface area (Å²) in [7, 11) is 1.71. The summed E-state index contributed by atoms with van der Waals surface area (Å²) >= 11 is 0. The van der Waals surface area contributed by atoms with E-state index in [4.69, 9.17) is 9.72 Å². The molecule has 1 fully saturated rings. The Morgan fingerprint density at radius 1 is 0.892 bits per heavy atom. The third kappa shape index (κ3) is 4.58. The number of ether oxygens (including phenoxy) is 1. The monoisotopic (exact) mass is 493 g/mol. The Morgan fingerprint density at radius 3 is 2.43 bits per heavy atom. The van der Waals surface area contributed by atoms with Gasteiger partial charge in [0, 0.05) is 49.4 Å². The number of para-hydroxylation sites is 4. The molecule has 7 heteroatoms. The molecule has 3 heterocycles. The summed E-state index contributed by atoms with van der Waals surface area (Å²) in [4.78, 5) is 25.1. The highest BCUT2D eigenvalue weighted by atomic mass is 16.5. The molecule has 0 radical (unpaired) electrons. The van der Waals surface area contributed by atoms with Gasteiger partial charge in [-0.2, -0.15) is 0 Å². The summed E-state index contributed by atoms with van der Waals surface area (Å²) in [5, 5.41) is 4.28. The molecule has 7 nitrogen and oxygen atoms in total. The van der Waals surface area contributed by atoms with E-state index in [0.717, 1.165) is 84.2 Å². The van der Waals surface area contributed by atoms with Crippen LogP contribution in [0.15, 0.2) is 78.9 Å². The number of benzene rings is 3. The number of methoxy groups -OCH3 is 1. The van der Waals surface area contributed by atoms with E-state index < -0.39 is 0 Å². The zero-order chi connectivity index (χ0) is 25.2. The maximum Gasteiger partial charge on any atom is 0.238 e. The molecule has 2 aliphatic rings. The number of amides is 1. The second kappa shape index (κ2) is 10.1. The molecule has 0 saturated carbocycles. The number of hydrogen-bond acceptors (Lipinski definition) is 6. The van der Waals surface area contributed by atoms with E-state index >= 15 is 0 Å². The quantitative estimate of drug-likeness (QED) is 0.420. The number of hydrogen-bond donors (Lipinski definition) is 1. The van der Waals surface area contributed by atoms with E-state index in [2.05, 4.69) is 44.3 Å². The first-order valence-corrected chi connectivity index (χ1v) is 12.9. The Balaban J connectivity index is 1.19. The molecule has 188 valence electrons. The van der Waals surface area contributed by atoms with Crippen molar-refractivity contribution >= 4 is 39.7 Å². The van der Waals surface area contributed by atoms with Gasteiger partial charge in [0.15, 0.2) is 0 Å². The summed E-state index contributed by atoms with van der Waals surface area (Å²) in [6.45, 7) is 4.56. The molecule has 1 saturated heterocycles. The van der Waals surface area contributed by atoms with Crippen LogP contribution in [0, 0.1) is 0 Å². The number of fused-ring (bicyclic) bond motifs is 2. The molecule has 3 aromatic carbocycles. The fourth-order valence-electron chi connectivity index (χ4n) is 5.45. The van der Waals surface area contributed by atoms with E-state index in [-0.39, 0.29) is 5.91 Å². The van der Waals surface area contributed by atoms with Gasteiger partial charge in [-0.05, 0) is 36.8 Å². The highest BCUT2D eigenvalue weighted by molar-refractivity contribution is 6.05. The van der Waals surface area contributed by atoms with Crippen molar-refractivity contribution in [2.45, 2.75) is 6.42 Å². The molecule has 37 heavy (non-hydrogen) atoms. The minimum absolute atomic E-state index is 0.0162. The minimum atomic E-state index is 0.0162. The predicted molar refractivity (Wildman–Crippen MR) is 149 cm³/mol.